The second-order valence-electron chi connectivity index (χ2n) is 4.41. The molecule has 4 nitrogen and oxygen atoms in total. The third kappa shape index (κ3) is 7.37. The van der Waals surface area contributed by atoms with Crippen molar-refractivity contribution in [3.8, 4) is 0 Å². The number of hydrogen-bond acceptors (Lipinski definition) is 8. The molecule has 0 aliphatic rings. The van der Waals surface area contributed by atoms with Crippen LogP contribution in [0.25, 0.3) is 0 Å². The summed E-state index contributed by atoms with van der Waals surface area (Å²) in [4.78, 5) is 25.3. The zero-order chi connectivity index (χ0) is 18.5. The van der Waals surface area contributed by atoms with Gasteiger partial charge in [0.15, 0.2) is 0 Å². The molecule has 0 spiro atoms. The van der Waals surface area contributed by atoms with Crippen LogP contribution in [-0.4, -0.2) is 50.2 Å². The minimum absolute atomic E-state index is 0.309. The van der Waals surface area contributed by atoms with Gasteiger partial charge in [0.1, 0.15) is 0 Å². The van der Waals surface area contributed by atoms with E-state index in [1.807, 2.05) is 38.9 Å². The quantitative estimate of drug-likeness (QED) is 0.274. The van der Waals surface area contributed by atoms with E-state index in [2.05, 4.69) is 0 Å². The lowest BCUT2D eigenvalue weighted by Gasteiger charge is -2.17. The van der Waals surface area contributed by atoms with E-state index in [1.54, 1.807) is 0 Å². The van der Waals surface area contributed by atoms with Gasteiger partial charge in [0, 0.05) is 0 Å². The number of carbonyl (C=O) groups is 2. The molecule has 0 aliphatic carbocycles. The Hall–Kier alpha value is -0.180. The van der Waals surface area contributed by atoms with Crippen LogP contribution in [0.4, 0.5) is 0 Å². The predicted octanol–water partition coefficient (Wildman–Crippen LogP) is 4.77. The predicted molar refractivity (Wildman–Crippen MR) is 111 cm³/mol. The van der Waals surface area contributed by atoms with Crippen LogP contribution < -0.4 is 0 Å². The molecule has 0 saturated heterocycles. The lowest BCUT2D eigenvalue weighted by molar-refractivity contribution is -0.142. The van der Waals surface area contributed by atoms with E-state index in [0.717, 1.165) is 21.3 Å². The number of ether oxygens (including phenoxy) is 2. The third-order valence-electron chi connectivity index (χ3n) is 2.68. The molecule has 0 bridgehead atoms. The molecule has 24 heavy (non-hydrogen) atoms. The number of rotatable bonds is 11. The van der Waals surface area contributed by atoms with Gasteiger partial charge in [-0.2, -0.15) is 0 Å². The van der Waals surface area contributed by atoms with Gasteiger partial charge in [-0.05, 0) is 37.9 Å². The Kier molecular flexibility index (Phi) is 13.9. The monoisotopic (exact) mass is 410 g/mol. The van der Waals surface area contributed by atoms with Crippen LogP contribution in [0.3, 0.4) is 0 Å². The summed E-state index contributed by atoms with van der Waals surface area (Å²) in [5.74, 6) is -0.945. The Morgan fingerprint density at radius 1 is 0.667 bits per heavy atom. The smallest absolute Gasteiger partial charge is 0.340 e. The minimum Gasteiger partial charge on any atom is -0.462 e. The van der Waals surface area contributed by atoms with E-state index in [-0.39, 0.29) is 0 Å². The molecular weight excluding hydrogens is 384 g/mol. The van der Waals surface area contributed by atoms with Crippen molar-refractivity contribution < 1.29 is 19.1 Å². The average Bonchev–Trinajstić information content (AvgIpc) is 2.60. The van der Waals surface area contributed by atoms with Crippen LogP contribution >= 0.6 is 47.0 Å². The van der Waals surface area contributed by atoms with Crippen molar-refractivity contribution in [3.63, 3.8) is 0 Å². The van der Waals surface area contributed by atoms with Gasteiger partial charge in [-0.1, -0.05) is 13.8 Å². The molecule has 0 aromatic rings. The maximum Gasteiger partial charge on any atom is 0.340 e. The first kappa shape index (κ1) is 23.8. The summed E-state index contributed by atoms with van der Waals surface area (Å²) in [5, 5.41) is 0. The molecule has 0 heterocycles. The van der Waals surface area contributed by atoms with Gasteiger partial charge in [0.2, 0.25) is 0 Å². The highest BCUT2D eigenvalue weighted by molar-refractivity contribution is 8.22. The standard InChI is InChI=1S/C16H26O4S4/c1-7-9-19-13(17)11(15(21-3)22-4)12(16(23-5)24-6)14(18)20-10-8-2/h7-10H2,1-6H3. The SMILES string of the molecule is CCCOC(=O)C(=C(SC)SC)C(C(=O)OCCC)=C(SC)SC. The highest BCUT2D eigenvalue weighted by Crippen LogP contribution is 2.38. The molecule has 0 aliphatic heterocycles. The molecule has 0 aromatic heterocycles. The van der Waals surface area contributed by atoms with Gasteiger partial charge in [-0.3, -0.25) is 0 Å². The van der Waals surface area contributed by atoms with Crippen LogP contribution in [-0.2, 0) is 19.1 Å². The molecule has 8 heteroatoms. The summed E-state index contributed by atoms with van der Waals surface area (Å²) < 4.78 is 12.2. The first-order valence-electron chi connectivity index (χ1n) is 7.51. The van der Waals surface area contributed by atoms with E-state index in [1.165, 1.54) is 47.0 Å². The summed E-state index contributed by atoms with van der Waals surface area (Å²) in [6.45, 7) is 4.51. The van der Waals surface area contributed by atoms with Crippen LogP contribution in [0.1, 0.15) is 26.7 Å². The summed E-state index contributed by atoms with van der Waals surface area (Å²) in [7, 11) is 0. The highest BCUT2D eigenvalue weighted by Gasteiger charge is 2.30. The Morgan fingerprint density at radius 3 is 1.17 bits per heavy atom. The summed E-state index contributed by atoms with van der Waals surface area (Å²) in [5.41, 5.74) is 0.617. The van der Waals surface area contributed by atoms with Crippen LogP contribution in [0, 0.1) is 0 Å². The first-order chi connectivity index (χ1) is 11.5. The van der Waals surface area contributed by atoms with Gasteiger partial charge < -0.3 is 9.47 Å². The number of thioether (sulfide) groups is 4. The lowest BCUT2D eigenvalue weighted by Crippen LogP contribution is -2.20. The van der Waals surface area contributed by atoms with Gasteiger partial charge >= 0.3 is 11.9 Å². The molecule has 0 saturated carbocycles. The van der Waals surface area contributed by atoms with Gasteiger partial charge in [0.05, 0.1) is 32.8 Å². The highest BCUT2D eigenvalue weighted by atomic mass is 32.2. The van der Waals surface area contributed by atoms with Crippen molar-refractivity contribution in [1.29, 1.82) is 0 Å². The van der Waals surface area contributed by atoms with Crippen LogP contribution in [0.2, 0.25) is 0 Å². The number of hydrogen-bond donors (Lipinski definition) is 0. The maximum atomic E-state index is 12.7. The lowest BCUT2D eigenvalue weighted by atomic mass is 10.1. The third-order valence-corrected chi connectivity index (χ3v) is 6.98. The van der Waals surface area contributed by atoms with Gasteiger partial charge in [-0.15, -0.1) is 47.0 Å². The fraction of sp³-hybridized carbons (Fsp3) is 0.625. The van der Waals surface area contributed by atoms with E-state index in [4.69, 9.17) is 9.47 Å². The Balaban J connectivity index is 6.19. The van der Waals surface area contributed by atoms with Crippen LogP contribution in [0.5, 0.6) is 0 Å². The van der Waals surface area contributed by atoms with Crippen molar-refractivity contribution in [2.24, 2.45) is 0 Å². The molecule has 0 aromatic carbocycles. The summed E-state index contributed by atoms with van der Waals surface area (Å²) in [6.07, 6.45) is 8.98. The molecule has 0 atom stereocenters. The van der Waals surface area contributed by atoms with Crippen molar-refractivity contribution in [2.75, 3.05) is 38.2 Å². The maximum absolute atomic E-state index is 12.7. The second kappa shape index (κ2) is 14.0. The molecule has 0 N–H and O–H groups in total. The van der Waals surface area contributed by atoms with Gasteiger partial charge in [-0.25, -0.2) is 9.59 Å². The Labute approximate surface area is 162 Å². The van der Waals surface area contributed by atoms with Crippen molar-refractivity contribution in [1.82, 2.24) is 0 Å². The fourth-order valence-electron chi connectivity index (χ4n) is 1.68. The number of esters is 2. The molecule has 0 unspecified atom stereocenters. The normalized spacial score (nSPS) is 10.1. The molecule has 0 fully saturated rings. The van der Waals surface area contributed by atoms with E-state index < -0.39 is 11.9 Å². The van der Waals surface area contributed by atoms with E-state index in [9.17, 15) is 9.59 Å². The molecule has 0 radical (unpaired) electrons. The second-order valence-corrected chi connectivity index (χ2v) is 8.20. The molecule has 0 rings (SSSR count). The van der Waals surface area contributed by atoms with Crippen molar-refractivity contribution in [3.05, 3.63) is 19.6 Å². The topological polar surface area (TPSA) is 52.6 Å². The van der Waals surface area contributed by atoms with Gasteiger partial charge in [0.25, 0.3) is 0 Å². The summed E-state index contributed by atoms with van der Waals surface area (Å²) in [6, 6.07) is 0. The van der Waals surface area contributed by atoms with Crippen LogP contribution in [0.15, 0.2) is 19.6 Å². The largest absolute Gasteiger partial charge is 0.462 e. The first-order valence-corrected chi connectivity index (χ1v) is 12.4. The van der Waals surface area contributed by atoms with E-state index in [0.29, 0.717) is 24.4 Å². The number of carbonyl (C=O) groups excluding carboxylic acids is 2. The Bertz CT molecular complexity index is 430. The van der Waals surface area contributed by atoms with E-state index >= 15 is 0 Å². The average molecular weight is 411 g/mol. The minimum atomic E-state index is -0.473. The van der Waals surface area contributed by atoms with Crippen molar-refractivity contribution >= 4 is 59.0 Å². The van der Waals surface area contributed by atoms with Crippen molar-refractivity contribution in [2.45, 2.75) is 26.7 Å². The fourth-order valence-corrected chi connectivity index (χ4v) is 4.58. The summed E-state index contributed by atoms with van der Waals surface area (Å²) >= 11 is 5.72. The molecule has 138 valence electrons. The Morgan fingerprint density at radius 2 is 0.958 bits per heavy atom. The molecular formula is C16H26O4S4. The molecule has 0 amide bonds. The zero-order valence-corrected chi connectivity index (χ0v) is 18.4. The zero-order valence-electron chi connectivity index (χ0n) is 15.1.